The van der Waals surface area contributed by atoms with Crippen molar-refractivity contribution in [1.82, 2.24) is 4.72 Å². The van der Waals surface area contributed by atoms with E-state index in [0.717, 1.165) is 0 Å². The van der Waals surface area contributed by atoms with Gasteiger partial charge in [-0.15, -0.1) is 0 Å². The Morgan fingerprint density at radius 3 is 2.33 bits per heavy atom. The van der Waals surface area contributed by atoms with E-state index in [4.69, 9.17) is 11.1 Å². The fourth-order valence-electron chi connectivity index (χ4n) is 1.84. The highest BCUT2D eigenvalue weighted by atomic mass is 32.2. The van der Waals surface area contributed by atoms with Gasteiger partial charge in [-0.2, -0.15) is 0 Å². The third kappa shape index (κ3) is 3.92. The molecule has 1 aliphatic heterocycles. The summed E-state index contributed by atoms with van der Waals surface area (Å²) in [5.74, 6) is -0.435. The van der Waals surface area contributed by atoms with Crippen LogP contribution in [0.2, 0.25) is 0 Å². The zero-order chi connectivity index (χ0) is 14.0. The molecule has 1 heterocycles. The Morgan fingerprint density at radius 2 is 1.94 bits per heavy atom. The lowest BCUT2D eigenvalue weighted by Gasteiger charge is -2.24. The van der Waals surface area contributed by atoms with Crippen LogP contribution in [-0.4, -0.2) is 45.5 Å². The van der Waals surface area contributed by atoms with Gasteiger partial charge in [0.1, 0.15) is 15.7 Å². The normalized spacial score (nSPS) is 22.5. The van der Waals surface area contributed by atoms with E-state index in [-0.39, 0.29) is 30.2 Å². The van der Waals surface area contributed by atoms with E-state index in [2.05, 4.69) is 4.72 Å². The molecule has 0 saturated carbocycles. The van der Waals surface area contributed by atoms with Gasteiger partial charge in [0, 0.05) is 0 Å². The molecule has 9 heteroatoms. The highest BCUT2D eigenvalue weighted by Gasteiger charge is 2.34. The van der Waals surface area contributed by atoms with Crippen LogP contribution in [0.3, 0.4) is 0 Å². The third-order valence-corrected chi connectivity index (χ3v) is 6.71. The van der Waals surface area contributed by atoms with Crippen LogP contribution in [-0.2, 0) is 19.9 Å². The fourth-order valence-corrected chi connectivity index (χ4v) is 5.37. The summed E-state index contributed by atoms with van der Waals surface area (Å²) in [6.07, 6.45) is 0.595. The fraction of sp³-hybridized carbons (Fsp3) is 0.889. The predicted octanol–water partition coefficient (Wildman–Crippen LogP) is -0.802. The molecular formula is C9H19N3O4S2. The van der Waals surface area contributed by atoms with Gasteiger partial charge in [-0.25, -0.2) is 21.6 Å². The minimum atomic E-state index is -3.63. The van der Waals surface area contributed by atoms with Crippen molar-refractivity contribution < 1.29 is 16.8 Å². The van der Waals surface area contributed by atoms with E-state index in [1.807, 2.05) is 0 Å². The first kappa shape index (κ1) is 15.4. The summed E-state index contributed by atoms with van der Waals surface area (Å²) in [6.45, 7) is 1.72. The summed E-state index contributed by atoms with van der Waals surface area (Å²) < 4.78 is 48.9. The van der Waals surface area contributed by atoms with Crippen LogP contribution < -0.4 is 10.5 Å². The van der Waals surface area contributed by atoms with E-state index in [1.165, 1.54) is 0 Å². The van der Waals surface area contributed by atoms with Crippen LogP contribution in [0.25, 0.3) is 0 Å². The first-order valence-corrected chi connectivity index (χ1v) is 9.10. The van der Waals surface area contributed by atoms with Gasteiger partial charge in [-0.1, -0.05) is 6.92 Å². The maximum absolute atomic E-state index is 12.0. The summed E-state index contributed by atoms with van der Waals surface area (Å²) in [6, 6.07) is -0.714. The van der Waals surface area contributed by atoms with Crippen LogP contribution >= 0.6 is 0 Å². The van der Waals surface area contributed by atoms with Gasteiger partial charge < -0.3 is 5.73 Å². The average Bonchev–Trinajstić information content (AvgIpc) is 2.25. The van der Waals surface area contributed by atoms with Crippen molar-refractivity contribution in [3.05, 3.63) is 0 Å². The van der Waals surface area contributed by atoms with Gasteiger partial charge in [0.15, 0.2) is 0 Å². The first-order chi connectivity index (χ1) is 8.18. The van der Waals surface area contributed by atoms with Crippen LogP contribution in [0.1, 0.15) is 26.2 Å². The zero-order valence-electron chi connectivity index (χ0n) is 10.2. The Bertz CT molecular complexity index is 498. The van der Waals surface area contributed by atoms with Crippen LogP contribution in [0, 0.1) is 5.41 Å². The first-order valence-electron chi connectivity index (χ1n) is 5.73. The molecule has 1 unspecified atom stereocenters. The second-order valence-electron chi connectivity index (χ2n) is 4.43. The molecule has 0 spiro atoms. The van der Waals surface area contributed by atoms with Gasteiger partial charge in [-0.05, 0) is 19.3 Å². The molecule has 106 valence electrons. The van der Waals surface area contributed by atoms with E-state index >= 15 is 0 Å². The molecule has 1 saturated heterocycles. The number of sulfonamides is 1. The van der Waals surface area contributed by atoms with Crippen molar-refractivity contribution in [3.8, 4) is 0 Å². The van der Waals surface area contributed by atoms with Crippen molar-refractivity contribution in [2.45, 2.75) is 37.5 Å². The molecule has 0 amide bonds. The molecule has 1 rings (SSSR count). The van der Waals surface area contributed by atoms with Gasteiger partial charge in [-0.3, -0.25) is 5.41 Å². The molecule has 0 aliphatic carbocycles. The molecule has 0 radical (unpaired) electrons. The molecule has 0 aromatic heterocycles. The number of rotatable bonds is 5. The monoisotopic (exact) mass is 297 g/mol. The Kier molecular flexibility index (Phi) is 4.73. The lowest BCUT2D eigenvalue weighted by Crippen LogP contribution is -2.48. The molecule has 1 fully saturated rings. The van der Waals surface area contributed by atoms with E-state index in [0.29, 0.717) is 6.42 Å². The van der Waals surface area contributed by atoms with Gasteiger partial charge in [0.05, 0.1) is 22.8 Å². The number of nitrogens with one attached hydrogen (secondary N) is 2. The standard InChI is InChI=1S/C9H19N3O4S2/c1-2-8(9(10)11)12-18(15,16)7-3-5-17(13,14)6-4-7/h7-8,12H,2-6H2,1H3,(H3,10,11). The predicted molar refractivity (Wildman–Crippen MR) is 69.7 cm³/mol. The van der Waals surface area contributed by atoms with Gasteiger partial charge in [0.25, 0.3) is 0 Å². The lowest BCUT2D eigenvalue weighted by atomic mass is 10.2. The molecule has 0 bridgehead atoms. The minimum absolute atomic E-state index is 0.102. The Labute approximate surface area is 108 Å². The topological polar surface area (TPSA) is 130 Å². The second kappa shape index (κ2) is 5.54. The van der Waals surface area contributed by atoms with Crippen molar-refractivity contribution in [2.24, 2.45) is 5.73 Å². The highest BCUT2D eigenvalue weighted by molar-refractivity contribution is 7.92. The average molecular weight is 297 g/mol. The Balaban J connectivity index is 2.73. The quantitative estimate of drug-likeness (QED) is 0.451. The number of nitrogens with two attached hydrogens (primary N) is 1. The molecule has 7 nitrogen and oxygen atoms in total. The van der Waals surface area contributed by atoms with Gasteiger partial charge in [0.2, 0.25) is 10.0 Å². The summed E-state index contributed by atoms with van der Waals surface area (Å²) in [5.41, 5.74) is 5.29. The van der Waals surface area contributed by atoms with Gasteiger partial charge >= 0.3 is 0 Å². The molecule has 0 aromatic rings. The van der Waals surface area contributed by atoms with Crippen LogP contribution in [0.5, 0.6) is 0 Å². The van der Waals surface area contributed by atoms with E-state index < -0.39 is 31.2 Å². The maximum Gasteiger partial charge on any atom is 0.215 e. The summed E-state index contributed by atoms with van der Waals surface area (Å²) >= 11 is 0. The molecule has 4 N–H and O–H groups in total. The zero-order valence-corrected chi connectivity index (χ0v) is 11.9. The SMILES string of the molecule is CCC(NS(=O)(=O)C1CCS(=O)(=O)CC1)C(=N)N. The lowest BCUT2D eigenvalue weighted by molar-refractivity contribution is 0.536. The van der Waals surface area contributed by atoms with Crippen LogP contribution in [0.4, 0.5) is 0 Å². The van der Waals surface area contributed by atoms with Crippen molar-refractivity contribution in [1.29, 1.82) is 5.41 Å². The number of amidine groups is 1. The Hall–Kier alpha value is -0.670. The smallest absolute Gasteiger partial charge is 0.215 e. The maximum atomic E-state index is 12.0. The second-order valence-corrected chi connectivity index (χ2v) is 8.73. The molecular weight excluding hydrogens is 278 g/mol. The van der Waals surface area contributed by atoms with E-state index in [9.17, 15) is 16.8 Å². The van der Waals surface area contributed by atoms with Crippen LogP contribution in [0.15, 0.2) is 0 Å². The number of sulfone groups is 1. The van der Waals surface area contributed by atoms with Crippen molar-refractivity contribution >= 4 is 25.7 Å². The summed E-state index contributed by atoms with van der Waals surface area (Å²) in [4.78, 5) is 0. The summed E-state index contributed by atoms with van der Waals surface area (Å²) in [5, 5.41) is 6.55. The molecule has 1 aliphatic rings. The number of hydrogen-bond donors (Lipinski definition) is 3. The molecule has 0 aromatic carbocycles. The van der Waals surface area contributed by atoms with Crippen molar-refractivity contribution in [3.63, 3.8) is 0 Å². The third-order valence-electron chi connectivity index (χ3n) is 3.03. The molecule has 18 heavy (non-hydrogen) atoms. The Morgan fingerprint density at radius 1 is 1.44 bits per heavy atom. The summed E-state index contributed by atoms with van der Waals surface area (Å²) in [7, 11) is -6.71. The molecule has 1 atom stereocenters. The highest BCUT2D eigenvalue weighted by Crippen LogP contribution is 2.19. The van der Waals surface area contributed by atoms with E-state index in [1.54, 1.807) is 6.92 Å². The largest absolute Gasteiger partial charge is 0.386 e. The number of hydrogen-bond acceptors (Lipinski definition) is 5. The van der Waals surface area contributed by atoms with Crippen molar-refractivity contribution in [2.75, 3.05) is 11.5 Å². The minimum Gasteiger partial charge on any atom is -0.386 e.